The zero-order valence-electron chi connectivity index (χ0n) is 13.7. The van der Waals surface area contributed by atoms with Crippen molar-refractivity contribution in [3.63, 3.8) is 0 Å². The molecule has 1 saturated heterocycles. The van der Waals surface area contributed by atoms with E-state index in [4.69, 9.17) is 0 Å². The van der Waals surface area contributed by atoms with E-state index >= 15 is 0 Å². The third-order valence-electron chi connectivity index (χ3n) is 4.39. The molecule has 3 heterocycles. The molecular weight excluding hydrogens is 334 g/mol. The van der Waals surface area contributed by atoms with Gasteiger partial charge in [-0.25, -0.2) is 9.67 Å². The fourth-order valence-electron chi connectivity index (χ4n) is 3.12. The zero-order valence-corrected chi connectivity index (χ0v) is 14.5. The summed E-state index contributed by atoms with van der Waals surface area (Å²) in [4.78, 5) is 19.0. The van der Waals surface area contributed by atoms with Gasteiger partial charge in [-0.1, -0.05) is 12.1 Å². The largest absolute Gasteiger partial charge is 0.350 e. The third-order valence-corrected chi connectivity index (χ3v) is 5.20. The molecule has 1 amide bonds. The number of anilines is 1. The molecule has 0 spiro atoms. The van der Waals surface area contributed by atoms with E-state index in [0.717, 1.165) is 35.8 Å². The van der Waals surface area contributed by atoms with Crippen molar-refractivity contribution in [3.8, 4) is 5.69 Å². The summed E-state index contributed by atoms with van der Waals surface area (Å²) in [5.41, 5.74) is 2.08. The van der Waals surface area contributed by atoms with Crippen LogP contribution in [0.1, 0.15) is 18.4 Å². The van der Waals surface area contributed by atoms with Gasteiger partial charge in [0.15, 0.2) is 5.13 Å². The highest BCUT2D eigenvalue weighted by molar-refractivity contribution is 7.13. The molecule has 25 heavy (non-hydrogen) atoms. The number of nitrogens with one attached hydrogen (secondary N) is 1. The van der Waals surface area contributed by atoms with E-state index in [2.05, 4.69) is 20.3 Å². The lowest BCUT2D eigenvalue weighted by molar-refractivity contribution is -0.122. The van der Waals surface area contributed by atoms with Crippen LogP contribution in [0.4, 0.5) is 5.13 Å². The minimum Gasteiger partial charge on any atom is -0.350 e. The van der Waals surface area contributed by atoms with Crippen LogP contribution in [0, 0.1) is 0 Å². The maximum absolute atomic E-state index is 12.6. The number of benzene rings is 1. The fourth-order valence-corrected chi connectivity index (χ4v) is 3.84. The molecule has 1 aliphatic rings. The SMILES string of the molecule is O=C(NCc1ccc(-n2cccn2)cc1)C1CCCN1c1nccs1. The Balaban J connectivity index is 1.37. The van der Waals surface area contributed by atoms with Gasteiger partial charge in [0.1, 0.15) is 6.04 Å². The normalized spacial score (nSPS) is 17.0. The molecule has 7 heteroatoms. The Kier molecular flexibility index (Phi) is 4.47. The van der Waals surface area contributed by atoms with Crippen molar-refractivity contribution in [1.82, 2.24) is 20.1 Å². The summed E-state index contributed by atoms with van der Waals surface area (Å²) < 4.78 is 1.81. The van der Waals surface area contributed by atoms with Gasteiger partial charge in [-0.15, -0.1) is 11.3 Å². The number of thiazole rings is 1. The Labute approximate surface area is 150 Å². The topological polar surface area (TPSA) is 63.1 Å². The number of amides is 1. The van der Waals surface area contributed by atoms with Crippen molar-refractivity contribution in [2.75, 3.05) is 11.4 Å². The van der Waals surface area contributed by atoms with Crippen LogP contribution in [-0.2, 0) is 11.3 Å². The van der Waals surface area contributed by atoms with Crippen LogP contribution in [0.3, 0.4) is 0 Å². The molecule has 3 aromatic rings. The van der Waals surface area contributed by atoms with Gasteiger partial charge in [-0.05, 0) is 36.6 Å². The number of hydrogen-bond acceptors (Lipinski definition) is 5. The van der Waals surface area contributed by atoms with E-state index in [-0.39, 0.29) is 11.9 Å². The summed E-state index contributed by atoms with van der Waals surface area (Å²) in [6.07, 6.45) is 7.35. The second kappa shape index (κ2) is 7.06. The van der Waals surface area contributed by atoms with E-state index in [9.17, 15) is 4.79 Å². The highest BCUT2D eigenvalue weighted by atomic mass is 32.1. The Bertz CT molecular complexity index is 814. The van der Waals surface area contributed by atoms with Gasteiger partial charge in [0, 0.05) is 37.1 Å². The summed E-state index contributed by atoms with van der Waals surface area (Å²) in [6, 6.07) is 9.83. The molecule has 0 radical (unpaired) electrons. The highest BCUT2D eigenvalue weighted by Gasteiger charge is 2.31. The molecule has 4 rings (SSSR count). The van der Waals surface area contributed by atoms with E-state index in [1.54, 1.807) is 23.7 Å². The van der Waals surface area contributed by atoms with Crippen LogP contribution in [0.5, 0.6) is 0 Å². The maximum Gasteiger partial charge on any atom is 0.243 e. The minimum atomic E-state index is -0.116. The van der Waals surface area contributed by atoms with E-state index in [1.807, 2.05) is 46.6 Å². The molecule has 6 nitrogen and oxygen atoms in total. The second-order valence-electron chi connectivity index (χ2n) is 6.00. The zero-order chi connectivity index (χ0) is 17.1. The van der Waals surface area contributed by atoms with Crippen molar-refractivity contribution in [1.29, 1.82) is 0 Å². The first-order chi connectivity index (χ1) is 12.3. The van der Waals surface area contributed by atoms with Crippen LogP contribution in [0.15, 0.2) is 54.3 Å². The summed E-state index contributed by atoms with van der Waals surface area (Å²) in [7, 11) is 0. The lowest BCUT2D eigenvalue weighted by atomic mass is 10.1. The number of carbonyl (C=O) groups is 1. The second-order valence-corrected chi connectivity index (χ2v) is 6.87. The molecule has 0 aliphatic carbocycles. The quantitative estimate of drug-likeness (QED) is 0.766. The molecular formula is C18H19N5OS. The molecule has 1 aliphatic heterocycles. The number of rotatable bonds is 5. The van der Waals surface area contributed by atoms with E-state index in [1.165, 1.54) is 0 Å². The highest BCUT2D eigenvalue weighted by Crippen LogP contribution is 2.27. The van der Waals surface area contributed by atoms with Crippen molar-refractivity contribution < 1.29 is 4.79 Å². The number of carbonyl (C=O) groups excluding carboxylic acids is 1. The average Bonchev–Trinajstić information content (AvgIpc) is 3.41. The Morgan fingerprint density at radius 2 is 2.16 bits per heavy atom. The predicted molar refractivity (Wildman–Crippen MR) is 97.9 cm³/mol. The minimum absolute atomic E-state index is 0.0730. The Morgan fingerprint density at radius 1 is 1.28 bits per heavy atom. The van der Waals surface area contributed by atoms with Gasteiger partial charge in [-0.3, -0.25) is 4.79 Å². The summed E-state index contributed by atoms with van der Waals surface area (Å²) >= 11 is 1.58. The smallest absolute Gasteiger partial charge is 0.243 e. The van der Waals surface area contributed by atoms with Gasteiger partial charge in [-0.2, -0.15) is 5.10 Å². The molecule has 0 saturated carbocycles. The Hall–Kier alpha value is -2.67. The van der Waals surface area contributed by atoms with Gasteiger partial charge in [0.25, 0.3) is 0 Å². The predicted octanol–water partition coefficient (Wildman–Crippen LogP) is 2.61. The van der Waals surface area contributed by atoms with Gasteiger partial charge in [0.05, 0.1) is 5.69 Å². The van der Waals surface area contributed by atoms with Crippen LogP contribution in [0.25, 0.3) is 5.69 Å². The summed E-state index contributed by atoms with van der Waals surface area (Å²) in [5.74, 6) is 0.0730. The average molecular weight is 353 g/mol. The first-order valence-electron chi connectivity index (χ1n) is 8.34. The third kappa shape index (κ3) is 3.41. The summed E-state index contributed by atoms with van der Waals surface area (Å²) in [6.45, 7) is 1.42. The molecule has 1 N–H and O–H groups in total. The maximum atomic E-state index is 12.6. The van der Waals surface area contributed by atoms with Crippen molar-refractivity contribution >= 4 is 22.4 Å². The first-order valence-corrected chi connectivity index (χ1v) is 9.22. The molecule has 0 bridgehead atoms. The summed E-state index contributed by atoms with van der Waals surface area (Å²) in [5, 5.41) is 10.2. The lowest BCUT2D eigenvalue weighted by Crippen LogP contribution is -2.43. The number of aromatic nitrogens is 3. The number of hydrogen-bond donors (Lipinski definition) is 1. The first kappa shape index (κ1) is 15.8. The molecule has 1 aromatic carbocycles. The van der Waals surface area contributed by atoms with Crippen molar-refractivity contribution in [2.45, 2.75) is 25.4 Å². The van der Waals surface area contributed by atoms with E-state index < -0.39 is 0 Å². The fraction of sp³-hybridized carbons (Fsp3) is 0.278. The van der Waals surface area contributed by atoms with Gasteiger partial charge >= 0.3 is 0 Å². The van der Waals surface area contributed by atoms with E-state index in [0.29, 0.717) is 6.54 Å². The number of nitrogens with zero attached hydrogens (tertiary/aromatic N) is 4. The lowest BCUT2D eigenvalue weighted by Gasteiger charge is -2.23. The van der Waals surface area contributed by atoms with Crippen LogP contribution in [0.2, 0.25) is 0 Å². The monoisotopic (exact) mass is 353 g/mol. The van der Waals surface area contributed by atoms with Crippen LogP contribution >= 0.6 is 11.3 Å². The molecule has 1 fully saturated rings. The van der Waals surface area contributed by atoms with Crippen molar-refractivity contribution in [2.24, 2.45) is 0 Å². The van der Waals surface area contributed by atoms with Crippen molar-refractivity contribution in [3.05, 3.63) is 59.9 Å². The van der Waals surface area contributed by atoms with Crippen LogP contribution in [-0.4, -0.2) is 33.3 Å². The molecule has 1 unspecified atom stereocenters. The molecule has 128 valence electrons. The van der Waals surface area contributed by atoms with Gasteiger partial charge < -0.3 is 10.2 Å². The Morgan fingerprint density at radius 3 is 2.88 bits per heavy atom. The van der Waals surface area contributed by atoms with Gasteiger partial charge in [0.2, 0.25) is 5.91 Å². The molecule has 1 atom stereocenters. The van der Waals surface area contributed by atoms with Crippen LogP contribution < -0.4 is 10.2 Å². The standard InChI is InChI=1S/C18H19N5OS/c24-17(16-3-1-10-22(16)18-19-9-12-25-18)20-13-14-4-6-15(7-5-14)23-11-2-8-21-23/h2,4-9,11-12,16H,1,3,10,13H2,(H,20,24). The molecule has 2 aromatic heterocycles.